The summed E-state index contributed by atoms with van der Waals surface area (Å²) in [5.41, 5.74) is 2.64. The average Bonchev–Trinajstić information content (AvgIpc) is 2.74. The van der Waals surface area contributed by atoms with Gasteiger partial charge in [0.25, 0.3) is 0 Å². The zero-order valence-electron chi connectivity index (χ0n) is 16.7. The molecule has 0 radical (unpaired) electrons. The molecule has 1 aliphatic heterocycles. The molecule has 0 amide bonds. The molecule has 0 aliphatic carbocycles. The first-order valence-electron chi connectivity index (χ1n) is 9.67. The van der Waals surface area contributed by atoms with E-state index in [0.29, 0.717) is 18.7 Å². The van der Waals surface area contributed by atoms with Gasteiger partial charge in [0.05, 0.1) is 10.5 Å². The van der Waals surface area contributed by atoms with E-state index in [-0.39, 0.29) is 16.2 Å². The highest BCUT2D eigenvalue weighted by atomic mass is 32.2. The molecular weight excluding hydrogens is 390 g/mol. The molecule has 0 bridgehead atoms. The van der Waals surface area contributed by atoms with Crippen molar-refractivity contribution in [2.45, 2.75) is 38.0 Å². The zero-order chi connectivity index (χ0) is 21.0. The van der Waals surface area contributed by atoms with Crippen molar-refractivity contribution in [3.05, 3.63) is 64.7 Å². The Morgan fingerprint density at radius 2 is 1.66 bits per heavy atom. The third kappa shape index (κ3) is 4.92. The monoisotopic (exact) mass is 415 g/mol. The van der Waals surface area contributed by atoms with Gasteiger partial charge in [0.15, 0.2) is 12.4 Å². The Hall–Kier alpha value is -2.51. The van der Waals surface area contributed by atoms with E-state index in [1.807, 2.05) is 19.9 Å². The van der Waals surface area contributed by atoms with Crippen LogP contribution >= 0.6 is 0 Å². The molecule has 0 atom stereocenters. The fourth-order valence-electron chi connectivity index (χ4n) is 3.25. The lowest BCUT2D eigenvalue weighted by Gasteiger charge is -2.25. The summed E-state index contributed by atoms with van der Waals surface area (Å²) in [6.45, 7) is 4.44. The van der Waals surface area contributed by atoms with Gasteiger partial charge in [-0.25, -0.2) is 13.2 Å². The lowest BCUT2D eigenvalue weighted by atomic mass is 10.0. The van der Waals surface area contributed by atoms with Crippen molar-refractivity contribution >= 4 is 21.8 Å². The van der Waals surface area contributed by atoms with Crippen LogP contribution in [0, 0.1) is 13.8 Å². The molecule has 154 valence electrons. The molecule has 1 heterocycles. The summed E-state index contributed by atoms with van der Waals surface area (Å²) in [5, 5.41) is 0. The molecule has 0 aromatic heterocycles. The number of hydrogen-bond donors (Lipinski definition) is 0. The number of ketones is 1. The molecule has 0 unspecified atom stereocenters. The standard InChI is InChI=1S/C22H25NO5S/c1-16-9-10-18(13-17(16)2)21(24)15-28-22(25)19-7-6-8-20(14-19)29(26,27)23-11-4-3-5-12-23/h6-10,13-14H,3-5,11-12,15H2,1-2H3. The first kappa shape index (κ1) is 21.2. The summed E-state index contributed by atoms with van der Waals surface area (Å²) in [6.07, 6.45) is 2.69. The summed E-state index contributed by atoms with van der Waals surface area (Å²) in [5.74, 6) is -1.03. The Balaban J connectivity index is 1.69. The highest BCUT2D eigenvalue weighted by Gasteiger charge is 2.26. The van der Waals surface area contributed by atoms with Crippen molar-refractivity contribution < 1.29 is 22.7 Å². The number of hydrogen-bond acceptors (Lipinski definition) is 5. The first-order chi connectivity index (χ1) is 13.8. The summed E-state index contributed by atoms with van der Waals surface area (Å²) >= 11 is 0. The maximum Gasteiger partial charge on any atom is 0.338 e. The van der Waals surface area contributed by atoms with Gasteiger partial charge in [0.1, 0.15) is 0 Å². The Bertz CT molecular complexity index is 1020. The van der Waals surface area contributed by atoms with Crippen molar-refractivity contribution in [3.8, 4) is 0 Å². The van der Waals surface area contributed by atoms with Crippen LogP contribution in [0.4, 0.5) is 0 Å². The van der Waals surface area contributed by atoms with Crippen LogP contribution < -0.4 is 0 Å². The molecule has 2 aromatic carbocycles. The molecule has 29 heavy (non-hydrogen) atoms. The SMILES string of the molecule is Cc1ccc(C(=O)COC(=O)c2cccc(S(=O)(=O)N3CCCCC3)c2)cc1C. The smallest absolute Gasteiger partial charge is 0.338 e. The fourth-order valence-corrected chi connectivity index (χ4v) is 4.81. The van der Waals surface area contributed by atoms with Crippen LogP contribution in [0.2, 0.25) is 0 Å². The van der Waals surface area contributed by atoms with Crippen molar-refractivity contribution in [1.29, 1.82) is 0 Å². The molecular formula is C22H25NO5S. The number of sulfonamides is 1. The van der Waals surface area contributed by atoms with Crippen LogP contribution in [0.3, 0.4) is 0 Å². The highest BCUT2D eigenvalue weighted by molar-refractivity contribution is 7.89. The largest absolute Gasteiger partial charge is 0.454 e. The van der Waals surface area contributed by atoms with Gasteiger partial charge in [-0.15, -0.1) is 0 Å². The Kier molecular flexibility index (Phi) is 6.49. The van der Waals surface area contributed by atoms with Crippen LogP contribution in [0.1, 0.15) is 51.1 Å². The molecule has 6 nitrogen and oxygen atoms in total. The number of piperidine rings is 1. The minimum absolute atomic E-state index is 0.0642. The summed E-state index contributed by atoms with van der Waals surface area (Å²) in [4.78, 5) is 24.7. The second kappa shape index (κ2) is 8.88. The predicted octanol–water partition coefficient (Wildman–Crippen LogP) is 3.52. The Labute approximate surface area is 171 Å². The molecule has 0 saturated carbocycles. The van der Waals surface area contributed by atoms with Gasteiger partial charge in [-0.1, -0.05) is 24.6 Å². The minimum atomic E-state index is -3.64. The van der Waals surface area contributed by atoms with Gasteiger partial charge in [0.2, 0.25) is 10.0 Å². The molecule has 0 N–H and O–H groups in total. The van der Waals surface area contributed by atoms with E-state index < -0.39 is 22.6 Å². The van der Waals surface area contributed by atoms with E-state index in [4.69, 9.17) is 4.74 Å². The number of carbonyl (C=O) groups excluding carboxylic acids is 2. The van der Waals surface area contributed by atoms with Crippen LogP contribution in [-0.4, -0.2) is 44.2 Å². The van der Waals surface area contributed by atoms with Gasteiger partial charge in [-0.3, -0.25) is 4.79 Å². The van der Waals surface area contributed by atoms with Gasteiger partial charge in [-0.2, -0.15) is 4.31 Å². The number of Topliss-reactive ketones (excluding diaryl/α,β-unsaturated/α-hetero) is 1. The lowest BCUT2D eigenvalue weighted by Crippen LogP contribution is -2.35. The van der Waals surface area contributed by atoms with Crippen LogP contribution in [0.5, 0.6) is 0 Å². The van der Waals surface area contributed by atoms with Crippen molar-refractivity contribution in [2.24, 2.45) is 0 Å². The van der Waals surface area contributed by atoms with Crippen LogP contribution in [0.25, 0.3) is 0 Å². The third-order valence-electron chi connectivity index (χ3n) is 5.19. The Morgan fingerprint density at radius 1 is 0.931 bits per heavy atom. The number of nitrogens with zero attached hydrogens (tertiary/aromatic N) is 1. The second-order valence-corrected chi connectivity index (χ2v) is 9.23. The number of aryl methyl sites for hydroxylation is 2. The maximum atomic E-state index is 12.8. The normalized spacial score (nSPS) is 15.1. The number of benzene rings is 2. The van der Waals surface area contributed by atoms with E-state index in [9.17, 15) is 18.0 Å². The van der Waals surface area contributed by atoms with Gasteiger partial charge >= 0.3 is 5.97 Å². The van der Waals surface area contributed by atoms with Gasteiger partial charge in [-0.05, 0) is 62.1 Å². The van der Waals surface area contributed by atoms with E-state index >= 15 is 0 Å². The van der Waals surface area contributed by atoms with Crippen LogP contribution in [-0.2, 0) is 14.8 Å². The summed E-state index contributed by atoms with van der Waals surface area (Å²) in [7, 11) is -3.64. The molecule has 1 fully saturated rings. The second-order valence-electron chi connectivity index (χ2n) is 7.29. The van der Waals surface area contributed by atoms with Crippen molar-refractivity contribution in [1.82, 2.24) is 4.31 Å². The number of rotatable bonds is 6. The van der Waals surface area contributed by atoms with Gasteiger partial charge < -0.3 is 4.74 Å². The average molecular weight is 416 g/mol. The van der Waals surface area contributed by atoms with Crippen molar-refractivity contribution in [2.75, 3.05) is 19.7 Å². The third-order valence-corrected chi connectivity index (χ3v) is 7.08. The fraction of sp³-hybridized carbons (Fsp3) is 0.364. The maximum absolute atomic E-state index is 12.8. The molecule has 2 aromatic rings. The Morgan fingerprint density at radius 3 is 2.34 bits per heavy atom. The molecule has 0 spiro atoms. The molecule has 1 aliphatic rings. The number of carbonyl (C=O) groups is 2. The number of esters is 1. The lowest BCUT2D eigenvalue weighted by molar-refractivity contribution is 0.0474. The van der Waals surface area contributed by atoms with E-state index in [1.165, 1.54) is 28.6 Å². The van der Waals surface area contributed by atoms with E-state index in [2.05, 4.69) is 0 Å². The highest BCUT2D eigenvalue weighted by Crippen LogP contribution is 2.21. The number of ether oxygens (including phenoxy) is 1. The first-order valence-corrected chi connectivity index (χ1v) is 11.1. The molecule has 1 saturated heterocycles. The minimum Gasteiger partial charge on any atom is -0.454 e. The van der Waals surface area contributed by atoms with Crippen molar-refractivity contribution in [3.63, 3.8) is 0 Å². The van der Waals surface area contributed by atoms with E-state index in [1.54, 1.807) is 12.1 Å². The predicted molar refractivity (Wildman–Crippen MR) is 110 cm³/mol. The quantitative estimate of drug-likeness (QED) is 0.533. The zero-order valence-corrected chi connectivity index (χ0v) is 17.5. The molecule has 3 rings (SSSR count). The van der Waals surface area contributed by atoms with E-state index in [0.717, 1.165) is 30.4 Å². The van der Waals surface area contributed by atoms with Crippen LogP contribution in [0.15, 0.2) is 47.4 Å². The summed E-state index contributed by atoms with van der Waals surface area (Å²) < 4.78 is 32.2. The van der Waals surface area contributed by atoms with Gasteiger partial charge in [0, 0.05) is 18.7 Å². The molecule has 7 heteroatoms. The topological polar surface area (TPSA) is 80.8 Å². The summed E-state index contributed by atoms with van der Waals surface area (Å²) in [6, 6.07) is 11.1.